The minimum Gasteiger partial charge on any atom is -0.356 e. The van der Waals surface area contributed by atoms with Crippen molar-refractivity contribution in [2.45, 2.75) is 58.2 Å². The van der Waals surface area contributed by atoms with Crippen molar-refractivity contribution in [2.75, 3.05) is 14.2 Å². The van der Waals surface area contributed by atoms with Crippen molar-refractivity contribution in [1.82, 2.24) is 0 Å². The topological polar surface area (TPSA) is 18.5 Å². The third-order valence-corrected chi connectivity index (χ3v) is 3.00. The van der Waals surface area contributed by atoms with Crippen molar-refractivity contribution < 1.29 is 9.47 Å². The maximum absolute atomic E-state index is 5.24. The van der Waals surface area contributed by atoms with Crippen LogP contribution in [0.3, 0.4) is 0 Å². The molecule has 0 radical (unpaired) electrons. The van der Waals surface area contributed by atoms with Crippen LogP contribution in [0.1, 0.15) is 51.9 Å². The lowest BCUT2D eigenvalue weighted by Gasteiger charge is -2.20. The molecule has 16 heavy (non-hydrogen) atoms. The molecule has 0 aromatic rings. The van der Waals surface area contributed by atoms with Gasteiger partial charge in [-0.3, -0.25) is 0 Å². The van der Waals surface area contributed by atoms with Gasteiger partial charge in [0.1, 0.15) is 0 Å². The first kappa shape index (κ1) is 15.7. The van der Waals surface area contributed by atoms with Crippen LogP contribution in [0.5, 0.6) is 0 Å². The van der Waals surface area contributed by atoms with Crippen LogP contribution in [-0.2, 0) is 9.47 Å². The lowest BCUT2D eigenvalue weighted by atomic mass is 10.0. The van der Waals surface area contributed by atoms with Gasteiger partial charge < -0.3 is 9.47 Å². The molecule has 0 spiro atoms. The molecule has 0 N–H and O–H groups in total. The molecule has 0 saturated heterocycles. The summed E-state index contributed by atoms with van der Waals surface area (Å²) in [6, 6.07) is 0. The standard InChI is InChI=1S/C14H28O2/c1-5-6-7-8-9-10-11-12-13(2)14(15-3)16-4/h5,13-14H,1,6-12H2,2-4H3/t13-/m1/s1. The summed E-state index contributed by atoms with van der Waals surface area (Å²) in [5.74, 6) is 0.489. The summed E-state index contributed by atoms with van der Waals surface area (Å²) >= 11 is 0. The van der Waals surface area contributed by atoms with E-state index in [4.69, 9.17) is 9.47 Å². The molecule has 0 aromatic heterocycles. The fourth-order valence-electron chi connectivity index (χ4n) is 1.98. The molecule has 0 heterocycles. The number of rotatable bonds is 11. The molecule has 0 bridgehead atoms. The third kappa shape index (κ3) is 7.89. The highest BCUT2D eigenvalue weighted by atomic mass is 16.7. The molecule has 0 fully saturated rings. The van der Waals surface area contributed by atoms with Crippen LogP contribution >= 0.6 is 0 Å². The third-order valence-electron chi connectivity index (χ3n) is 3.00. The SMILES string of the molecule is C=CCCCCCCC[C@@H](C)C(OC)OC. The molecule has 0 unspecified atom stereocenters. The van der Waals surface area contributed by atoms with Crippen molar-refractivity contribution in [2.24, 2.45) is 5.92 Å². The molecular weight excluding hydrogens is 200 g/mol. The molecule has 96 valence electrons. The zero-order chi connectivity index (χ0) is 12.2. The van der Waals surface area contributed by atoms with E-state index in [2.05, 4.69) is 13.5 Å². The average Bonchev–Trinajstić information content (AvgIpc) is 2.29. The molecule has 0 aliphatic rings. The highest BCUT2D eigenvalue weighted by Crippen LogP contribution is 2.17. The van der Waals surface area contributed by atoms with Crippen LogP contribution in [0.4, 0.5) is 0 Å². The van der Waals surface area contributed by atoms with Crippen molar-refractivity contribution >= 4 is 0 Å². The summed E-state index contributed by atoms with van der Waals surface area (Å²) in [4.78, 5) is 0. The van der Waals surface area contributed by atoms with E-state index in [0.717, 1.165) is 6.42 Å². The predicted octanol–water partition coefficient (Wildman–Crippen LogP) is 4.16. The van der Waals surface area contributed by atoms with E-state index in [0.29, 0.717) is 5.92 Å². The Kier molecular flexibility index (Phi) is 10.9. The molecule has 2 heteroatoms. The predicted molar refractivity (Wildman–Crippen MR) is 69.5 cm³/mol. The second-order valence-corrected chi connectivity index (χ2v) is 4.45. The Morgan fingerprint density at radius 2 is 1.56 bits per heavy atom. The molecular formula is C14H28O2. The van der Waals surface area contributed by atoms with E-state index in [-0.39, 0.29) is 6.29 Å². The van der Waals surface area contributed by atoms with Gasteiger partial charge in [0.15, 0.2) is 6.29 Å². The van der Waals surface area contributed by atoms with Crippen LogP contribution in [0, 0.1) is 5.92 Å². The number of unbranched alkanes of at least 4 members (excludes halogenated alkanes) is 5. The fourth-order valence-corrected chi connectivity index (χ4v) is 1.98. The molecule has 0 aliphatic heterocycles. The highest BCUT2D eigenvalue weighted by Gasteiger charge is 2.14. The number of hydrogen-bond acceptors (Lipinski definition) is 2. The fraction of sp³-hybridized carbons (Fsp3) is 0.857. The number of allylic oxidation sites excluding steroid dienone is 1. The molecule has 0 rings (SSSR count). The first-order valence-corrected chi connectivity index (χ1v) is 6.42. The quantitative estimate of drug-likeness (QED) is 0.300. The van der Waals surface area contributed by atoms with Gasteiger partial charge in [0.05, 0.1) is 0 Å². The van der Waals surface area contributed by atoms with Crippen molar-refractivity contribution in [1.29, 1.82) is 0 Å². The Labute approximate surface area is 101 Å². The summed E-state index contributed by atoms with van der Waals surface area (Å²) in [6.07, 6.45) is 10.9. The van der Waals surface area contributed by atoms with Crippen LogP contribution in [0.25, 0.3) is 0 Å². The van der Waals surface area contributed by atoms with Crippen LogP contribution in [0.2, 0.25) is 0 Å². The van der Waals surface area contributed by atoms with Gasteiger partial charge in [-0.25, -0.2) is 0 Å². The normalized spacial score (nSPS) is 13.0. The van der Waals surface area contributed by atoms with Crippen LogP contribution < -0.4 is 0 Å². The zero-order valence-corrected chi connectivity index (χ0v) is 11.2. The van der Waals surface area contributed by atoms with Crippen LogP contribution in [0.15, 0.2) is 12.7 Å². The Hall–Kier alpha value is -0.340. The second-order valence-electron chi connectivity index (χ2n) is 4.45. The summed E-state index contributed by atoms with van der Waals surface area (Å²) < 4.78 is 10.5. The van der Waals surface area contributed by atoms with Gasteiger partial charge in [0.25, 0.3) is 0 Å². The molecule has 0 aromatic carbocycles. The Morgan fingerprint density at radius 3 is 2.12 bits per heavy atom. The first-order valence-electron chi connectivity index (χ1n) is 6.42. The van der Waals surface area contributed by atoms with Gasteiger partial charge in [0.2, 0.25) is 0 Å². The lowest BCUT2D eigenvalue weighted by Crippen LogP contribution is -2.22. The van der Waals surface area contributed by atoms with E-state index in [1.807, 2.05) is 6.08 Å². The smallest absolute Gasteiger partial charge is 0.159 e. The molecule has 0 saturated carbocycles. The first-order chi connectivity index (χ1) is 7.76. The monoisotopic (exact) mass is 228 g/mol. The number of hydrogen-bond donors (Lipinski definition) is 0. The Morgan fingerprint density at radius 1 is 1.00 bits per heavy atom. The minimum absolute atomic E-state index is 0.0410. The van der Waals surface area contributed by atoms with Crippen molar-refractivity contribution in [3.8, 4) is 0 Å². The van der Waals surface area contributed by atoms with Gasteiger partial charge in [-0.2, -0.15) is 0 Å². The molecule has 0 amide bonds. The van der Waals surface area contributed by atoms with E-state index in [1.165, 1.54) is 38.5 Å². The molecule has 0 aliphatic carbocycles. The van der Waals surface area contributed by atoms with Gasteiger partial charge in [0, 0.05) is 20.1 Å². The lowest BCUT2D eigenvalue weighted by molar-refractivity contribution is -0.134. The summed E-state index contributed by atoms with van der Waals surface area (Å²) in [5.41, 5.74) is 0. The molecule has 1 atom stereocenters. The van der Waals surface area contributed by atoms with Gasteiger partial charge in [-0.05, 0) is 19.3 Å². The average molecular weight is 228 g/mol. The maximum Gasteiger partial charge on any atom is 0.159 e. The van der Waals surface area contributed by atoms with E-state index < -0.39 is 0 Å². The van der Waals surface area contributed by atoms with Gasteiger partial charge in [-0.15, -0.1) is 6.58 Å². The van der Waals surface area contributed by atoms with Gasteiger partial charge in [-0.1, -0.05) is 38.7 Å². The van der Waals surface area contributed by atoms with Crippen molar-refractivity contribution in [3.05, 3.63) is 12.7 Å². The number of ether oxygens (including phenoxy) is 2. The summed E-state index contributed by atoms with van der Waals surface area (Å²) in [7, 11) is 3.42. The van der Waals surface area contributed by atoms with E-state index >= 15 is 0 Å². The van der Waals surface area contributed by atoms with E-state index in [9.17, 15) is 0 Å². The maximum atomic E-state index is 5.24. The zero-order valence-electron chi connectivity index (χ0n) is 11.2. The van der Waals surface area contributed by atoms with E-state index in [1.54, 1.807) is 14.2 Å². The molecule has 2 nitrogen and oxygen atoms in total. The Bertz CT molecular complexity index is 153. The highest BCUT2D eigenvalue weighted by molar-refractivity contribution is 4.65. The largest absolute Gasteiger partial charge is 0.356 e. The van der Waals surface area contributed by atoms with Crippen LogP contribution in [-0.4, -0.2) is 20.5 Å². The number of methoxy groups -OCH3 is 2. The summed E-state index contributed by atoms with van der Waals surface area (Å²) in [5, 5.41) is 0. The van der Waals surface area contributed by atoms with Gasteiger partial charge >= 0.3 is 0 Å². The minimum atomic E-state index is -0.0410. The van der Waals surface area contributed by atoms with Crippen molar-refractivity contribution in [3.63, 3.8) is 0 Å². The second kappa shape index (κ2) is 11.2. The Balaban J connectivity index is 3.33. The summed E-state index contributed by atoms with van der Waals surface area (Å²) in [6.45, 7) is 5.92.